The minimum absolute atomic E-state index is 0.342. The fourth-order valence-corrected chi connectivity index (χ4v) is 1.58. The molecule has 0 atom stereocenters. The molecule has 0 radical (unpaired) electrons. The van der Waals surface area contributed by atoms with Gasteiger partial charge in [0.1, 0.15) is 5.78 Å². The first-order chi connectivity index (χ1) is 5.54. The van der Waals surface area contributed by atoms with E-state index in [9.17, 15) is 4.79 Å². The molecule has 0 heterocycles. The predicted octanol–water partition coefficient (Wildman–Crippen LogP) is 3.10. The lowest BCUT2D eigenvalue weighted by molar-refractivity contribution is -0.118. The molecule has 0 aromatic carbocycles. The van der Waals surface area contributed by atoms with Crippen LogP contribution in [0.1, 0.15) is 46.5 Å². The van der Waals surface area contributed by atoms with Gasteiger partial charge in [-0.15, -0.1) is 0 Å². The molecule has 1 saturated carbocycles. The summed E-state index contributed by atoms with van der Waals surface area (Å²) < 4.78 is 0. The van der Waals surface area contributed by atoms with E-state index in [0.717, 1.165) is 12.8 Å². The summed E-state index contributed by atoms with van der Waals surface area (Å²) in [5, 5.41) is 0. The SMILES string of the molecule is CC(=O)CC1(CC=C(C)C)CC1. The van der Waals surface area contributed by atoms with Crippen LogP contribution in [0.5, 0.6) is 0 Å². The maximum absolute atomic E-state index is 10.9. The van der Waals surface area contributed by atoms with Gasteiger partial charge in [0.05, 0.1) is 0 Å². The number of hydrogen-bond donors (Lipinski definition) is 0. The third-order valence-electron chi connectivity index (χ3n) is 2.52. The smallest absolute Gasteiger partial charge is 0.130 e. The molecule has 0 N–H and O–H groups in total. The molecule has 0 bridgehead atoms. The van der Waals surface area contributed by atoms with Crippen molar-refractivity contribution < 1.29 is 4.79 Å². The van der Waals surface area contributed by atoms with Crippen molar-refractivity contribution >= 4 is 5.78 Å². The van der Waals surface area contributed by atoms with E-state index in [1.54, 1.807) is 6.92 Å². The normalized spacial score (nSPS) is 18.6. The Morgan fingerprint density at radius 2 is 1.92 bits per heavy atom. The Labute approximate surface area is 74.9 Å². The molecule has 12 heavy (non-hydrogen) atoms. The second kappa shape index (κ2) is 3.42. The fourth-order valence-electron chi connectivity index (χ4n) is 1.58. The molecule has 0 saturated heterocycles. The third kappa shape index (κ3) is 2.80. The first kappa shape index (κ1) is 9.50. The first-order valence-corrected chi connectivity index (χ1v) is 4.67. The highest BCUT2D eigenvalue weighted by atomic mass is 16.1. The van der Waals surface area contributed by atoms with Gasteiger partial charge in [-0.05, 0) is 45.4 Å². The number of allylic oxidation sites excluding steroid dienone is 2. The largest absolute Gasteiger partial charge is 0.300 e. The zero-order chi connectivity index (χ0) is 9.19. The molecule has 0 aromatic rings. The summed E-state index contributed by atoms with van der Waals surface area (Å²) in [4.78, 5) is 10.9. The summed E-state index contributed by atoms with van der Waals surface area (Å²) in [6.45, 7) is 5.93. The number of Topliss-reactive ketones (excluding diaryl/α,β-unsaturated/α-hetero) is 1. The van der Waals surface area contributed by atoms with Crippen LogP contribution in [0.15, 0.2) is 11.6 Å². The van der Waals surface area contributed by atoms with E-state index < -0.39 is 0 Å². The number of hydrogen-bond acceptors (Lipinski definition) is 1. The number of rotatable bonds is 4. The van der Waals surface area contributed by atoms with Crippen molar-refractivity contribution in [3.05, 3.63) is 11.6 Å². The van der Waals surface area contributed by atoms with E-state index >= 15 is 0 Å². The molecule has 0 unspecified atom stereocenters. The van der Waals surface area contributed by atoms with Crippen LogP contribution in [-0.2, 0) is 4.79 Å². The zero-order valence-electron chi connectivity index (χ0n) is 8.31. The highest BCUT2D eigenvalue weighted by Gasteiger charge is 2.41. The van der Waals surface area contributed by atoms with Crippen LogP contribution in [0.3, 0.4) is 0 Å². The zero-order valence-corrected chi connectivity index (χ0v) is 8.31. The summed E-state index contributed by atoms with van der Waals surface area (Å²) in [5.74, 6) is 0.342. The number of carbonyl (C=O) groups is 1. The topological polar surface area (TPSA) is 17.1 Å². The van der Waals surface area contributed by atoms with Gasteiger partial charge in [0.2, 0.25) is 0 Å². The van der Waals surface area contributed by atoms with Gasteiger partial charge < -0.3 is 4.79 Å². The summed E-state index contributed by atoms with van der Waals surface area (Å²) in [5.41, 5.74) is 1.74. The van der Waals surface area contributed by atoms with Crippen molar-refractivity contribution in [2.24, 2.45) is 5.41 Å². The molecular weight excluding hydrogens is 148 g/mol. The van der Waals surface area contributed by atoms with Crippen molar-refractivity contribution in [1.29, 1.82) is 0 Å². The lowest BCUT2D eigenvalue weighted by Crippen LogP contribution is -2.05. The molecule has 1 fully saturated rings. The molecule has 1 heteroatoms. The fraction of sp³-hybridized carbons (Fsp3) is 0.727. The Morgan fingerprint density at radius 1 is 1.33 bits per heavy atom. The molecule has 0 amide bonds. The van der Waals surface area contributed by atoms with Crippen molar-refractivity contribution in [2.75, 3.05) is 0 Å². The minimum Gasteiger partial charge on any atom is -0.300 e. The monoisotopic (exact) mass is 166 g/mol. The average Bonchev–Trinajstić information content (AvgIpc) is 2.64. The Morgan fingerprint density at radius 3 is 2.25 bits per heavy atom. The molecule has 1 aliphatic rings. The summed E-state index contributed by atoms with van der Waals surface area (Å²) in [6, 6.07) is 0. The van der Waals surface area contributed by atoms with Crippen LogP contribution in [0.25, 0.3) is 0 Å². The lowest BCUT2D eigenvalue weighted by atomic mass is 9.95. The molecule has 1 nitrogen and oxygen atoms in total. The van der Waals surface area contributed by atoms with Gasteiger partial charge in [-0.2, -0.15) is 0 Å². The first-order valence-electron chi connectivity index (χ1n) is 4.67. The van der Waals surface area contributed by atoms with E-state index in [-0.39, 0.29) is 0 Å². The highest BCUT2D eigenvalue weighted by molar-refractivity contribution is 5.76. The molecule has 68 valence electrons. The lowest BCUT2D eigenvalue weighted by Gasteiger charge is -2.09. The highest BCUT2D eigenvalue weighted by Crippen LogP contribution is 2.52. The standard InChI is InChI=1S/C11H18O/c1-9(2)4-5-11(6-7-11)8-10(3)12/h4H,5-8H2,1-3H3. The van der Waals surface area contributed by atoms with Crippen LogP contribution < -0.4 is 0 Å². The van der Waals surface area contributed by atoms with Crippen LogP contribution >= 0.6 is 0 Å². The van der Waals surface area contributed by atoms with Crippen LogP contribution in [-0.4, -0.2) is 5.78 Å². The van der Waals surface area contributed by atoms with E-state index in [1.165, 1.54) is 18.4 Å². The number of carbonyl (C=O) groups excluding carboxylic acids is 1. The van der Waals surface area contributed by atoms with Crippen LogP contribution in [0.2, 0.25) is 0 Å². The van der Waals surface area contributed by atoms with Gasteiger partial charge in [0, 0.05) is 6.42 Å². The summed E-state index contributed by atoms with van der Waals surface area (Å²) in [7, 11) is 0. The molecular formula is C11H18O. The molecule has 1 rings (SSSR count). The van der Waals surface area contributed by atoms with Gasteiger partial charge >= 0.3 is 0 Å². The van der Waals surface area contributed by atoms with Crippen LogP contribution in [0.4, 0.5) is 0 Å². The predicted molar refractivity (Wildman–Crippen MR) is 51.0 cm³/mol. The van der Waals surface area contributed by atoms with Crippen molar-refractivity contribution in [1.82, 2.24) is 0 Å². The Bertz CT molecular complexity index is 205. The minimum atomic E-state index is 0.342. The quantitative estimate of drug-likeness (QED) is 0.586. The average molecular weight is 166 g/mol. The molecule has 0 aromatic heterocycles. The second-order valence-corrected chi connectivity index (χ2v) is 4.36. The van der Waals surface area contributed by atoms with E-state index in [2.05, 4.69) is 19.9 Å². The second-order valence-electron chi connectivity index (χ2n) is 4.36. The Kier molecular flexibility index (Phi) is 2.71. The van der Waals surface area contributed by atoms with Crippen molar-refractivity contribution in [3.8, 4) is 0 Å². The summed E-state index contributed by atoms with van der Waals surface area (Å²) in [6.07, 6.45) is 6.65. The van der Waals surface area contributed by atoms with Gasteiger partial charge in [-0.25, -0.2) is 0 Å². The number of ketones is 1. The molecule has 1 aliphatic carbocycles. The van der Waals surface area contributed by atoms with E-state index in [0.29, 0.717) is 11.2 Å². The van der Waals surface area contributed by atoms with Gasteiger partial charge in [0.25, 0.3) is 0 Å². The van der Waals surface area contributed by atoms with Gasteiger partial charge in [-0.1, -0.05) is 11.6 Å². The third-order valence-corrected chi connectivity index (χ3v) is 2.52. The van der Waals surface area contributed by atoms with E-state index in [1.807, 2.05) is 0 Å². The molecule has 0 spiro atoms. The van der Waals surface area contributed by atoms with E-state index in [4.69, 9.17) is 0 Å². The molecule has 0 aliphatic heterocycles. The maximum atomic E-state index is 10.9. The van der Waals surface area contributed by atoms with Gasteiger partial charge in [0.15, 0.2) is 0 Å². The van der Waals surface area contributed by atoms with Crippen molar-refractivity contribution in [2.45, 2.75) is 46.5 Å². The van der Waals surface area contributed by atoms with Crippen LogP contribution in [0, 0.1) is 5.41 Å². The maximum Gasteiger partial charge on any atom is 0.130 e. The van der Waals surface area contributed by atoms with Crippen molar-refractivity contribution in [3.63, 3.8) is 0 Å². The Balaban J connectivity index is 2.40. The Hall–Kier alpha value is -0.590. The van der Waals surface area contributed by atoms with Gasteiger partial charge in [-0.3, -0.25) is 0 Å². The summed E-state index contributed by atoms with van der Waals surface area (Å²) >= 11 is 0.